The molecule has 2 fully saturated rings. The first-order chi connectivity index (χ1) is 8.13. The summed E-state index contributed by atoms with van der Waals surface area (Å²) in [6, 6.07) is 0.435. The number of hydrogen-bond acceptors (Lipinski definition) is 3. The molecule has 0 aromatic carbocycles. The molecule has 1 saturated heterocycles. The highest BCUT2D eigenvalue weighted by Gasteiger charge is 2.39. The van der Waals surface area contributed by atoms with Crippen molar-refractivity contribution in [1.29, 1.82) is 0 Å². The van der Waals surface area contributed by atoms with E-state index in [0.29, 0.717) is 12.0 Å². The molecule has 2 N–H and O–H groups in total. The lowest BCUT2D eigenvalue weighted by Gasteiger charge is -2.26. The zero-order chi connectivity index (χ0) is 12.4. The van der Waals surface area contributed by atoms with Gasteiger partial charge in [0, 0.05) is 13.1 Å². The summed E-state index contributed by atoms with van der Waals surface area (Å²) in [5.74, 6) is 0.830. The predicted molar refractivity (Wildman–Crippen MR) is 66.6 cm³/mol. The van der Waals surface area contributed by atoms with E-state index in [1.807, 2.05) is 6.92 Å². The molecule has 4 unspecified atom stereocenters. The second-order valence-electron chi connectivity index (χ2n) is 5.59. The lowest BCUT2D eigenvalue weighted by molar-refractivity contribution is -0.134. The van der Waals surface area contributed by atoms with Crippen LogP contribution in [-0.2, 0) is 4.79 Å². The fraction of sp³-hybridized carbons (Fsp3) is 0.923. The molecule has 0 aromatic heterocycles. The fourth-order valence-corrected chi connectivity index (χ4v) is 3.10. The summed E-state index contributed by atoms with van der Waals surface area (Å²) in [6.45, 7) is 1.90. The van der Waals surface area contributed by atoms with Crippen LogP contribution in [0.15, 0.2) is 0 Å². The van der Waals surface area contributed by atoms with Crippen molar-refractivity contribution in [1.82, 2.24) is 10.2 Å². The molecule has 1 aliphatic heterocycles. The van der Waals surface area contributed by atoms with Gasteiger partial charge in [-0.2, -0.15) is 0 Å². The molecule has 0 aromatic rings. The quantitative estimate of drug-likeness (QED) is 0.765. The van der Waals surface area contributed by atoms with Gasteiger partial charge in [0.15, 0.2) is 0 Å². The van der Waals surface area contributed by atoms with Crippen LogP contribution in [0.5, 0.6) is 0 Å². The van der Waals surface area contributed by atoms with Gasteiger partial charge in [-0.25, -0.2) is 0 Å². The van der Waals surface area contributed by atoms with Gasteiger partial charge in [0.25, 0.3) is 0 Å². The lowest BCUT2D eigenvalue weighted by Crippen LogP contribution is -2.47. The van der Waals surface area contributed by atoms with E-state index in [-0.39, 0.29) is 24.6 Å². The van der Waals surface area contributed by atoms with Crippen LogP contribution in [0.3, 0.4) is 0 Å². The standard InChI is InChI=1S/C13H24N2O2/c1-9(8-16)15(2)13(17)12-7-10-5-3-4-6-11(10)14-12/h9-12,14,16H,3-8H2,1-2H3. The summed E-state index contributed by atoms with van der Waals surface area (Å²) in [6.07, 6.45) is 6.06. The van der Waals surface area contributed by atoms with E-state index in [1.165, 1.54) is 25.7 Å². The Balaban J connectivity index is 1.93. The van der Waals surface area contributed by atoms with E-state index in [1.54, 1.807) is 11.9 Å². The van der Waals surface area contributed by atoms with Gasteiger partial charge in [0.2, 0.25) is 5.91 Å². The van der Waals surface area contributed by atoms with Gasteiger partial charge in [-0.1, -0.05) is 12.8 Å². The molecule has 98 valence electrons. The van der Waals surface area contributed by atoms with Crippen LogP contribution in [0.25, 0.3) is 0 Å². The summed E-state index contributed by atoms with van der Waals surface area (Å²) in [4.78, 5) is 13.9. The Hall–Kier alpha value is -0.610. The Kier molecular flexibility index (Phi) is 4.05. The fourth-order valence-electron chi connectivity index (χ4n) is 3.10. The number of nitrogens with one attached hydrogen (secondary N) is 1. The molecule has 4 nitrogen and oxygen atoms in total. The monoisotopic (exact) mass is 240 g/mol. The van der Waals surface area contributed by atoms with Gasteiger partial charge in [-0.3, -0.25) is 4.79 Å². The summed E-state index contributed by atoms with van der Waals surface area (Å²) in [7, 11) is 1.78. The number of fused-ring (bicyclic) bond motifs is 1. The Labute approximate surface area is 103 Å². The smallest absolute Gasteiger partial charge is 0.239 e. The molecule has 2 aliphatic rings. The largest absolute Gasteiger partial charge is 0.394 e. The van der Waals surface area contributed by atoms with Gasteiger partial charge < -0.3 is 15.3 Å². The van der Waals surface area contributed by atoms with E-state index >= 15 is 0 Å². The van der Waals surface area contributed by atoms with Crippen molar-refractivity contribution >= 4 is 5.91 Å². The van der Waals surface area contributed by atoms with Crippen molar-refractivity contribution in [3.63, 3.8) is 0 Å². The molecule has 1 aliphatic carbocycles. The number of rotatable bonds is 3. The van der Waals surface area contributed by atoms with Crippen molar-refractivity contribution < 1.29 is 9.90 Å². The highest BCUT2D eigenvalue weighted by molar-refractivity contribution is 5.82. The Morgan fingerprint density at radius 3 is 2.82 bits per heavy atom. The third kappa shape index (κ3) is 2.63. The topological polar surface area (TPSA) is 52.6 Å². The zero-order valence-corrected chi connectivity index (χ0v) is 10.9. The van der Waals surface area contributed by atoms with Crippen LogP contribution in [0, 0.1) is 5.92 Å². The Bertz CT molecular complexity index is 269. The molecule has 17 heavy (non-hydrogen) atoms. The van der Waals surface area contributed by atoms with Crippen molar-refractivity contribution in [2.45, 2.75) is 57.2 Å². The second kappa shape index (κ2) is 5.36. The summed E-state index contributed by atoms with van der Waals surface area (Å²) >= 11 is 0. The molecule has 1 heterocycles. The van der Waals surface area contributed by atoms with Crippen LogP contribution < -0.4 is 5.32 Å². The Morgan fingerprint density at radius 2 is 2.18 bits per heavy atom. The molecule has 4 atom stereocenters. The Morgan fingerprint density at radius 1 is 1.47 bits per heavy atom. The molecule has 1 amide bonds. The zero-order valence-electron chi connectivity index (χ0n) is 10.9. The van der Waals surface area contributed by atoms with E-state index in [9.17, 15) is 4.79 Å². The molecule has 0 radical (unpaired) electrons. The first-order valence-electron chi connectivity index (χ1n) is 6.77. The highest BCUT2D eigenvalue weighted by atomic mass is 16.3. The van der Waals surface area contributed by atoms with Crippen molar-refractivity contribution in [3.05, 3.63) is 0 Å². The first-order valence-corrected chi connectivity index (χ1v) is 6.77. The number of carbonyl (C=O) groups is 1. The third-order valence-corrected chi connectivity index (χ3v) is 4.43. The van der Waals surface area contributed by atoms with Crippen molar-refractivity contribution in [2.75, 3.05) is 13.7 Å². The SMILES string of the molecule is CC(CO)N(C)C(=O)C1CC2CCCCC2N1. The van der Waals surface area contributed by atoms with Gasteiger partial charge >= 0.3 is 0 Å². The predicted octanol–water partition coefficient (Wildman–Crippen LogP) is 0.746. The van der Waals surface area contributed by atoms with Crippen LogP contribution in [0.1, 0.15) is 39.0 Å². The summed E-state index contributed by atoms with van der Waals surface area (Å²) in [5, 5.41) is 12.6. The normalized spacial score (nSPS) is 34.2. The maximum absolute atomic E-state index is 12.2. The van der Waals surface area contributed by atoms with E-state index in [4.69, 9.17) is 5.11 Å². The van der Waals surface area contributed by atoms with E-state index in [0.717, 1.165) is 6.42 Å². The highest BCUT2D eigenvalue weighted by Crippen LogP contribution is 2.33. The van der Waals surface area contributed by atoms with Gasteiger partial charge in [-0.15, -0.1) is 0 Å². The van der Waals surface area contributed by atoms with E-state index < -0.39 is 0 Å². The van der Waals surface area contributed by atoms with Crippen molar-refractivity contribution in [3.8, 4) is 0 Å². The van der Waals surface area contributed by atoms with Crippen LogP contribution in [0.4, 0.5) is 0 Å². The second-order valence-corrected chi connectivity index (χ2v) is 5.59. The van der Waals surface area contributed by atoms with Gasteiger partial charge in [-0.05, 0) is 32.1 Å². The molecule has 1 saturated carbocycles. The van der Waals surface area contributed by atoms with Crippen molar-refractivity contribution in [2.24, 2.45) is 5.92 Å². The number of likely N-dealkylation sites (N-methyl/N-ethyl adjacent to an activating group) is 1. The molecular weight excluding hydrogens is 216 g/mol. The summed E-state index contributed by atoms with van der Waals surface area (Å²) < 4.78 is 0. The molecule has 4 heteroatoms. The van der Waals surface area contributed by atoms with Crippen LogP contribution in [0.2, 0.25) is 0 Å². The molecule has 0 bridgehead atoms. The number of hydrogen-bond donors (Lipinski definition) is 2. The lowest BCUT2D eigenvalue weighted by atomic mass is 9.85. The number of aliphatic hydroxyl groups excluding tert-OH is 1. The first kappa shape index (κ1) is 12.8. The average molecular weight is 240 g/mol. The minimum Gasteiger partial charge on any atom is -0.394 e. The number of carbonyl (C=O) groups excluding carboxylic acids is 1. The minimum atomic E-state index is -0.0908. The molecule has 2 rings (SSSR count). The minimum absolute atomic E-state index is 0.0258. The van der Waals surface area contributed by atoms with Crippen LogP contribution in [-0.4, -0.2) is 47.7 Å². The number of amides is 1. The molecule has 0 spiro atoms. The maximum atomic E-state index is 12.2. The average Bonchev–Trinajstić information content (AvgIpc) is 2.79. The maximum Gasteiger partial charge on any atom is 0.239 e. The number of nitrogens with zero attached hydrogens (tertiary/aromatic N) is 1. The van der Waals surface area contributed by atoms with Crippen LogP contribution >= 0.6 is 0 Å². The molecular formula is C13H24N2O2. The van der Waals surface area contributed by atoms with E-state index in [2.05, 4.69) is 5.32 Å². The third-order valence-electron chi connectivity index (χ3n) is 4.43. The van der Waals surface area contributed by atoms with Gasteiger partial charge in [0.05, 0.1) is 18.7 Å². The number of aliphatic hydroxyl groups is 1. The summed E-state index contributed by atoms with van der Waals surface area (Å²) in [5.41, 5.74) is 0. The van der Waals surface area contributed by atoms with Gasteiger partial charge in [0.1, 0.15) is 0 Å².